The van der Waals surface area contributed by atoms with Crippen LogP contribution in [0, 0.1) is 31.9 Å². The Hall–Kier alpha value is -7.86. The maximum absolute atomic E-state index is 13.5. The molecule has 12 heteroatoms. The number of halogens is 2. The fourth-order valence-electron chi connectivity index (χ4n) is 6.33. The van der Waals surface area contributed by atoms with E-state index in [1.807, 2.05) is 65.2 Å². The van der Waals surface area contributed by atoms with E-state index in [9.17, 15) is 29.0 Å². The van der Waals surface area contributed by atoms with Gasteiger partial charge in [0.05, 0.1) is 32.6 Å². The lowest BCUT2D eigenvalue weighted by Crippen LogP contribution is -2.00. The van der Waals surface area contributed by atoms with Crippen LogP contribution < -0.4 is 11.5 Å². The van der Waals surface area contributed by atoms with Crippen molar-refractivity contribution < 1.29 is 18.6 Å². The van der Waals surface area contributed by atoms with Crippen molar-refractivity contribution in [3.05, 3.63) is 202 Å². The standard InChI is InChI=1S/C22H14FN3O4.C22H18FN3/c23-17-5-11-18(12-6-17)24-21(15-1-7-19(8-2-15)25(27)28)13-14-22(24)16-3-9-20(10-4-16)26(29)30;23-17-5-11-20(12-6-17)26-21(15-1-7-18(24)8-2-15)13-14-22(26)16-3-9-19(25)10-4-16/h1-14H;1-14H,24-25H2. The summed E-state index contributed by atoms with van der Waals surface area (Å²) in [6.07, 6.45) is 0. The molecule has 0 saturated carbocycles. The summed E-state index contributed by atoms with van der Waals surface area (Å²) in [5.41, 5.74) is 21.6. The average molecular weight is 747 g/mol. The zero-order valence-electron chi connectivity index (χ0n) is 29.5. The summed E-state index contributed by atoms with van der Waals surface area (Å²) in [5, 5.41) is 21.9. The van der Waals surface area contributed by atoms with E-state index < -0.39 is 9.85 Å². The van der Waals surface area contributed by atoms with Gasteiger partial charge in [-0.3, -0.25) is 20.2 Å². The van der Waals surface area contributed by atoms with Crippen LogP contribution in [0.3, 0.4) is 0 Å². The number of aromatic nitrogens is 2. The zero-order chi connectivity index (χ0) is 39.3. The second kappa shape index (κ2) is 15.6. The lowest BCUT2D eigenvalue weighted by molar-refractivity contribution is -0.385. The number of nitro benzene ring substituents is 2. The molecule has 2 heterocycles. The Bertz CT molecular complexity index is 2500. The molecule has 0 aliphatic carbocycles. The van der Waals surface area contributed by atoms with Crippen molar-refractivity contribution in [1.82, 2.24) is 9.13 Å². The minimum Gasteiger partial charge on any atom is -0.399 e. The van der Waals surface area contributed by atoms with E-state index >= 15 is 0 Å². The first kappa shape index (κ1) is 36.5. The smallest absolute Gasteiger partial charge is 0.269 e. The van der Waals surface area contributed by atoms with E-state index in [1.54, 1.807) is 48.5 Å². The van der Waals surface area contributed by atoms with Gasteiger partial charge in [0, 0.05) is 47.0 Å². The van der Waals surface area contributed by atoms with Crippen LogP contribution in [0.5, 0.6) is 0 Å². The highest BCUT2D eigenvalue weighted by Crippen LogP contribution is 2.35. The summed E-state index contributed by atoms with van der Waals surface area (Å²) >= 11 is 0. The van der Waals surface area contributed by atoms with Crippen LogP contribution in [0.25, 0.3) is 56.4 Å². The Balaban J connectivity index is 0.000000173. The Kier molecular flexibility index (Phi) is 10.2. The van der Waals surface area contributed by atoms with Gasteiger partial charge in [-0.2, -0.15) is 0 Å². The van der Waals surface area contributed by atoms with E-state index in [0.717, 1.165) is 50.7 Å². The Labute approximate surface area is 319 Å². The maximum Gasteiger partial charge on any atom is 0.269 e. The molecule has 10 nitrogen and oxygen atoms in total. The van der Waals surface area contributed by atoms with Gasteiger partial charge in [0.1, 0.15) is 11.6 Å². The van der Waals surface area contributed by atoms with Gasteiger partial charge >= 0.3 is 0 Å². The molecule has 0 aliphatic rings. The van der Waals surface area contributed by atoms with Crippen molar-refractivity contribution in [1.29, 1.82) is 0 Å². The van der Waals surface area contributed by atoms with Gasteiger partial charge in [0.15, 0.2) is 0 Å². The Morgan fingerprint density at radius 1 is 0.375 bits per heavy atom. The van der Waals surface area contributed by atoms with Crippen LogP contribution in [0.15, 0.2) is 170 Å². The lowest BCUT2D eigenvalue weighted by Gasteiger charge is -2.15. The summed E-state index contributed by atoms with van der Waals surface area (Å²) in [7, 11) is 0. The van der Waals surface area contributed by atoms with E-state index in [4.69, 9.17) is 11.5 Å². The SMILES string of the molecule is Nc1ccc(-c2ccc(-c3ccc(N)cc3)n2-c2ccc(F)cc2)cc1.O=[N+]([O-])c1ccc(-c2ccc(-c3ccc([N+](=O)[O-])cc3)n2-c2ccc(F)cc2)cc1. The summed E-state index contributed by atoms with van der Waals surface area (Å²) in [5.74, 6) is -0.636. The fourth-order valence-corrected chi connectivity index (χ4v) is 6.33. The molecule has 8 aromatic rings. The molecule has 4 N–H and O–H groups in total. The highest BCUT2D eigenvalue weighted by molar-refractivity contribution is 5.76. The first-order valence-corrected chi connectivity index (χ1v) is 17.2. The molecule has 0 spiro atoms. The first-order valence-electron chi connectivity index (χ1n) is 17.2. The van der Waals surface area contributed by atoms with Crippen molar-refractivity contribution in [3.63, 3.8) is 0 Å². The van der Waals surface area contributed by atoms with Gasteiger partial charge in [0.2, 0.25) is 0 Å². The number of hydrogen-bond donors (Lipinski definition) is 2. The number of hydrogen-bond acceptors (Lipinski definition) is 6. The molecule has 0 atom stereocenters. The minimum absolute atomic E-state index is 0.0192. The molecule has 0 fully saturated rings. The van der Waals surface area contributed by atoms with Crippen molar-refractivity contribution in [2.24, 2.45) is 0 Å². The van der Waals surface area contributed by atoms with E-state index in [0.29, 0.717) is 17.1 Å². The van der Waals surface area contributed by atoms with E-state index in [-0.39, 0.29) is 23.0 Å². The molecule has 0 amide bonds. The molecule has 6 aromatic carbocycles. The van der Waals surface area contributed by atoms with Crippen LogP contribution in [-0.2, 0) is 0 Å². The third kappa shape index (κ3) is 7.75. The molecule has 0 saturated heterocycles. The van der Waals surface area contributed by atoms with Crippen molar-refractivity contribution in [2.75, 3.05) is 11.5 Å². The predicted molar refractivity (Wildman–Crippen MR) is 215 cm³/mol. The topological polar surface area (TPSA) is 148 Å². The van der Waals surface area contributed by atoms with Gasteiger partial charge in [-0.1, -0.05) is 24.3 Å². The quantitative estimate of drug-likeness (QED) is 0.0898. The third-order valence-corrected chi connectivity index (χ3v) is 9.09. The van der Waals surface area contributed by atoms with Crippen molar-refractivity contribution in [3.8, 4) is 56.4 Å². The largest absolute Gasteiger partial charge is 0.399 e. The normalized spacial score (nSPS) is 10.8. The molecular formula is C44H32F2N6O4. The third-order valence-electron chi connectivity index (χ3n) is 9.09. The average Bonchev–Trinajstić information content (AvgIpc) is 3.85. The molecule has 2 aromatic heterocycles. The molecule has 0 unspecified atom stereocenters. The molecule has 56 heavy (non-hydrogen) atoms. The van der Waals surface area contributed by atoms with Gasteiger partial charge in [0.25, 0.3) is 11.4 Å². The molecule has 276 valence electrons. The Morgan fingerprint density at radius 2 is 0.625 bits per heavy atom. The molecular weight excluding hydrogens is 715 g/mol. The summed E-state index contributed by atoms with van der Waals surface area (Å²) in [6, 6.07) is 47.9. The molecule has 0 bridgehead atoms. The second-order valence-electron chi connectivity index (χ2n) is 12.7. The van der Waals surface area contributed by atoms with Gasteiger partial charge in [-0.05, 0) is 144 Å². The number of nitro groups is 2. The van der Waals surface area contributed by atoms with E-state index in [2.05, 4.69) is 16.7 Å². The minimum atomic E-state index is -0.467. The second-order valence-corrected chi connectivity index (χ2v) is 12.7. The lowest BCUT2D eigenvalue weighted by atomic mass is 10.1. The van der Waals surface area contributed by atoms with Crippen LogP contribution >= 0.6 is 0 Å². The monoisotopic (exact) mass is 746 g/mol. The van der Waals surface area contributed by atoms with Crippen molar-refractivity contribution >= 4 is 22.7 Å². The van der Waals surface area contributed by atoms with Crippen LogP contribution in [0.2, 0.25) is 0 Å². The summed E-state index contributed by atoms with van der Waals surface area (Å²) in [6.45, 7) is 0. The van der Waals surface area contributed by atoms with Gasteiger partial charge < -0.3 is 20.6 Å². The van der Waals surface area contributed by atoms with Crippen LogP contribution in [0.1, 0.15) is 0 Å². The number of nitrogens with zero attached hydrogens (tertiary/aromatic N) is 4. The summed E-state index contributed by atoms with van der Waals surface area (Å²) < 4.78 is 30.9. The van der Waals surface area contributed by atoms with Crippen molar-refractivity contribution in [2.45, 2.75) is 0 Å². The zero-order valence-corrected chi connectivity index (χ0v) is 29.5. The van der Waals surface area contributed by atoms with Crippen LogP contribution in [-0.4, -0.2) is 19.0 Å². The number of anilines is 2. The van der Waals surface area contributed by atoms with E-state index in [1.165, 1.54) is 48.5 Å². The molecule has 0 radical (unpaired) electrons. The summed E-state index contributed by atoms with van der Waals surface area (Å²) in [4.78, 5) is 21.0. The highest BCUT2D eigenvalue weighted by Gasteiger charge is 2.17. The number of benzene rings is 6. The maximum atomic E-state index is 13.5. The predicted octanol–water partition coefficient (Wildman–Crippen LogP) is 10.9. The fraction of sp³-hybridized carbons (Fsp3) is 0. The molecule has 0 aliphatic heterocycles. The number of rotatable bonds is 8. The first-order chi connectivity index (χ1) is 27.0. The number of nitrogens with two attached hydrogens (primary N) is 2. The number of nitrogen functional groups attached to an aromatic ring is 2. The van der Waals surface area contributed by atoms with Gasteiger partial charge in [-0.25, -0.2) is 8.78 Å². The molecule has 8 rings (SSSR count). The van der Waals surface area contributed by atoms with Crippen LogP contribution in [0.4, 0.5) is 31.5 Å². The Morgan fingerprint density at radius 3 is 0.875 bits per heavy atom. The highest BCUT2D eigenvalue weighted by atomic mass is 19.1. The van der Waals surface area contributed by atoms with Gasteiger partial charge in [-0.15, -0.1) is 0 Å². The number of non-ortho nitro benzene ring substituents is 2.